The number of nitrogens with zero attached hydrogens (tertiary/aromatic N) is 2. The van der Waals surface area contributed by atoms with E-state index in [4.69, 9.17) is 11.6 Å². The van der Waals surface area contributed by atoms with E-state index in [0.29, 0.717) is 0 Å². The molecule has 1 aromatic carbocycles. The van der Waals surface area contributed by atoms with Crippen LogP contribution >= 0.6 is 22.9 Å². The third-order valence-electron chi connectivity index (χ3n) is 4.17. The van der Waals surface area contributed by atoms with E-state index in [9.17, 15) is 0 Å². The van der Waals surface area contributed by atoms with Crippen molar-refractivity contribution < 1.29 is 0 Å². The molecule has 2 heterocycles. The summed E-state index contributed by atoms with van der Waals surface area (Å²) in [6, 6.07) is 8.39. The van der Waals surface area contributed by atoms with Gasteiger partial charge >= 0.3 is 0 Å². The number of hydrogen-bond acceptors (Lipinski definition) is 4. The molecule has 1 N–H and O–H groups in total. The number of likely N-dealkylation sites (N-methyl/N-ethyl adjacent to an activating group) is 1. The monoisotopic (exact) mass is 335 g/mol. The molecule has 118 valence electrons. The molecule has 1 aliphatic heterocycles. The molecule has 3 nitrogen and oxygen atoms in total. The van der Waals surface area contributed by atoms with Crippen molar-refractivity contribution in [2.75, 3.05) is 30.4 Å². The van der Waals surface area contributed by atoms with Gasteiger partial charge in [-0.1, -0.05) is 24.6 Å². The molecule has 1 fully saturated rings. The number of aryl methyl sites for hydroxylation is 2. The second-order valence-corrected chi connectivity index (χ2v) is 7.17. The number of anilines is 2. The fourth-order valence-electron chi connectivity index (χ4n) is 2.92. The molecule has 1 unspecified atom stereocenters. The lowest BCUT2D eigenvalue weighted by Crippen LogP contribution is -2.43. The van der Waals surface area contributed by atoms with Gasteiger partial charge in [-0.3, -0.25) is 4.90 Å². The quantitative estimate of drug-likeness (QED) is 0.892. The van der Waals surface area contributed by atoms with Gasteiger partial charge in [-0.05, 0) is 49.5 Å². The van der Waals surface area contributed by atoms with Crippen molar-refractivity contribution in [1.82, 2.24) is 4.90 Å². The lowest BCUT2D eigenvalue weighted by molar-refractivity contribution is 0.340. The van der Waals surface area contributed by atoms with Crippen LogP contribution < -0.4 is 10.2 Å². The summed E-state index contributed by atoms with van der Waals surface area (Å²) in [7, 11) is 2.15. The van der Waals surface area contributed by atoms with Gasteiger partial charge in [0.25, 0.3) is 0 Å². The SMILES string of the molecule is CCc1sccc1N1CCN(C)C1Nc1ccc(C)cc1Cl. The Hall–Kier alpha value is -1.23. The van der Waals surface area contributed by atoms with E-state index in [2.05, 4.69) is 59.6 Å². The molecule has 0 radical (unpaired) electrons. The Morgan fingerprint density at radius 1 is 1.32 bits per heavy atom. The average molecular weight is 336 g/mol. The standard InChI is InChI=1S/C17H22ClN3S/c1-4-16-15(7-10-22-16)21-9-8-20(3)17(21)19-14-6-5-12(2)11-13(14)18/h5-7,10-11,17,19H,4,8-9H2,1-3H3. The van der Waals surface area contributed by atoms with E-state index in [-0.39, 0.29) is 6.29 Å². The highest BCUT2D eigenvalue weighted by Gasteiger charge is 2.31. The topological polar surface area (TPSA) is 18.5 Å². The summed E-state index contributed by atoms with van der Waals surface area (Å²) < 4.78 is 0. The summed E-state index contributed by atoms with van der Waals surface area (Å²) in [6.07, 6.45) is 1.21. The van der Waals surface area contributed by atoms with Crippen LogP contribution in [0, 0.1) is 6.92 Å². The number of hydrogen-bond donors (Lipinski definition) is 1. The Kier molecular flexibility index (Phi) is 4.62. The highest BCUT2D eigenvalue weighted by atomic mass is 35.5. The van der Waals surface area contributed by atoms with Gasteiger partial charge in [0.2, 0.25) is 0 Å². The predicted molar refractivity (Wildman–Crippen MR) is 97.3 cm³/mol. The van der Waals surface area contributed by atoms with Crippen LogP contribution in [0.25, 0.3) is 0 Å². The third kappa shape index (κ3) is 2.96. The maximum Gasteiger partial charge on any atom is 0.157 e. The molecule has 1 atom stereocenters. The maximum atomic E-state index is 6.39. The van der Waals surface area contributed by atoms with Crippen LogP contribution in [0.1, 0.15) is 17.4 Å². The van der Waals surface area contributed by atoms with Gasteiger partial charge in [-0.15, -0.1) is 11.3 Å². The number of rotatable bonds is 4. The van der Waals surface area contributed by atoms with Gasteiger partial charge in [0, 0.05) is 18.0 Å². The van der Waals surface area contributed by atoms with Gasteiger partial charge < -0.3 is 10.2 Å². The Balaban J connectivity index is 1.86. The van der Waals surface area contributed by atoms with Crippen LogP contribution in [0.3, 0.4) is 0 Å². The Bertz CT molecular complexity index is 655. The molecule has 1 aromatic heterocycles. The summed E-state index contributed by atoms with van der Waals surface area (Å²) >= 11 is 8.23. The van der Waals surface area contributed by atoms with Crippen molar-refractivity contribution in [2.45, 2.75) is 26.6 Å². The zero-order valence-electron chi connectivity index (χ0n) is 13.3. The van der Waals surface area contributed by atoms with E-state index >= 15 is 0 Å². The minimum Gasteiger partial charge on any atom is -0.352 e. The number of nitrogens with one attached hydrogen (secondary N) is 1. The molecule has 22 heavy (non-hydrogen) atoms. The molecular formula is C17H22ClN3S. The van der Waals surface area contributed by atoms with Crippen LogP contribution in [0.4, 0.5) is 11.4 Å². The number of thiophene rings is 1. The van der Waals surface area contributed by atoms with Gasteiger partial charge in [0.15, 0.2) is 6.29 Å². The van der Waals surface area contributed by atoms with Crippen LogP contribution in [0.15, 0.2) is 29.6 Å². The number of halogens is 1. The van der Waals surface area contributed by atoms with Gasteiger partial charge in [0.05, 0.1) is 16.4 Å². The maximum absolute atomic E-state index is 6.39. The van der Waals surface area contributed by atoms with E-state index in [0.717, 1.165) is 30.2 Å². The summed E-state index contributed by atoms with van der Waals surface area (Å²) in [5.41, 5.74) is 3.51. The lowest BCUT2D eigenvalue weighted by Gasteiger charge is -2.31. The normalized spacial score (nSPS) is 18.9. The highest BCUT2D eigenvalue weighted by molar-refractivity contribution is 7.10. The predicted octanol–water partition coefficient (Wildman–Crippen LogP) is 4.42. The van der Waals surface area contributed by atoms with Crippen molar-refractivity contribution in [1.29, 1.82) is 0 Å². The highest BCUT2D eigenvalue weighted by Crippen LogP contribution is 2.32. The smallest absolute Gasteiger partial charge is 0.157 e. The minimum atomic E-state index is 0.139. The lowest BCUT2D eigenvalue weighted by atomic mass is 10.2. The van der Waals surface area contributed by atoms with E-state index in [1.165, 1.54) is 16.1 Å². The van der Waals surface area contributed by atoms with Crippen molar-refractivity contribution in [3.8, 4) is 0 Å². The van der Waals surface area contributed by atoms with Crippen LogP contribution in [0.5, 0.6) is 0 Å². The molecule has 0 bridgehead atoms. The fraction of sp³-hybridized carbons (Fsp3) is 0.412. The summed E-state index contributed by atoms with van der Waals surface area (Å²) in [6.45, 7) is 6.35. The molecule has 2 aromatic rings. The Morgan fingerprint density at radius 3 is 2.86 bits per heavy atom. The van der Waals surface area contributed by atoms with Gasteiger partial charge in [0.1, 0.15) is 0 Å². The van der Waals surface area contributed by atoms with E-state index < -0.39 is 0 Å². The molecule has 0 saturated carbocycles. The summed E-state index contributed by atoms with van der Waals surface area (Å²) in [4.78, 5) is 6.20. The first kappa shape index (κ1) is 15.7. The first-order chi connectivity index (χ1) is 10.6. The van der Waals surface area contributed by atoms with Crippen LogP contribution in [-0.2, 0) is 6.42 Å². The van der Waals surface area contributed by atoms with Crippen LogP contribution in [-0.4, -0.2) is 31.3 Å². The van der Waals surface area contributed by atoms with Crippen molar-refractivity contribution in [3.63, 3.8) is 0 Å². The van der Waals surface area contributed by atoms with Crippen molar-refractivity contribution in [2.24, 2.45) is 0 Å². The molecule has 3 rings (SSSR count). The van der Waals surface area contributed by atoms with Crippen LogP contribution in [0.2, 0.25) is 5.02 Å². The summed E-state index contributed by atoms with van der Waals surface area (Å²) in [5.74, 6) is 0. The first-order valence-corrected chi connectivity index (χ1v) is 8.92. The molecule has 0 spiro atoms. The number of benzene rings is 1. The van der Waals surface area contributed by atoms with Crippen molar-refractivity contribution in [3.05, 3.63) is 45.1 Å². The first-order valence-electron chi connectivity index (χ1n) is 7.66. The Morgan fingerprint density at radius 2 is 2.14 bits per heavy atom. The zero-order chi connectivity index (χ0) is 15.7. The molecular weight excluding hydrogens is 314 g/mol. The van der Waals surface area contributed by atoms with E-state index in [1.54, 1.807) is 0 Å². The average Bonchev–Trinajstić information content (AvgIpc) is 3.09. The minimum absolute atomic E-state index is 0.139. The van der Waals surface area contributed by atoms with Gasteiger partial charge in [-0.2, -0.15) is 0 Å². The largest absolute Gasteiger partial charge is 0.352 e. The molecule has 0 amide bonds. The zero-order valence-corrected chi connectivity index (χ0v) is 14.8. The summed E-state index contributed by atoms with van der Waals surface area (Å²) in [5, 5.41) is 6.56. The van der Waals surface area contributed by atoms with E-state index in [1.807, 2.05) is 17.4 Å². The second kappa shape index (κ2) is 6.49. The Labute approximate surface area is 141 Å². The van der Waals surface area contributed by atoms with Crippen molar-refractivity contribution >= 4 is 34.3 Å². The fourth-order valence-corrected chi connectivity index (χ4v) is 4.04. The third-order valence-corrected chi connectivity index (χ3v) is 5.54. The molecule has 1 saturated heterocycles. The molecule has 0 aliphatic carbocycles. The second-order valence-electron chi connectivity index (χ2n) is 5.76. The molecule has 1 aliphatic rings. The molecule has 5 heteroatoms. The van der Waals surface area contributed by atoms with Gasteiger partial charge in [-0.25, -0.2) is 0 Å².